The summed E-state index contributed by atoms with van der Waals surface area (Å²) >= 11 is 0. The highest BCUT2D eigenvalue weighted by Crippen LogP contribution is 2.24. The van der Waals surface area contributed by atoms with E-state index in [9.17, 15) is 35.1 Å². The molecule has 0 aromatic rings. The van der Waals surface area contributed by atoms with Crippen LogP contribution < -0.4 is 5.32 Å². The van der Waals surface area contributed by atoms with Crippen LogP contribution >= 0.6 is 0 Å². The summed E-state index contributed by atoms with van der Waals surface area (Å²) in [5.41, 5.74) is 0. The Hall–Kier alpha value is -2.64. The largest absolute Gasteiger partial charge is 0.466 e. The number of amides is 1. The minimum absolute atomic E-state index is 0.0132. The first kappa shape index (κ1) is 87.4. The van der Waals surface area contributed by atoms with Crippen molar-refractivity contribution in [1.29, 1.82) is 0 Å². The first-order valence-electron chi connectivity index (χ1n) is 39.6. The second-order valence-corrected chi connectivity index (χ2v) is 27.4. The lowest BCUT2D eigenvalue weighted by atomic mass is 9.99. The van der Waals surface area contributed by atoms with Crippen molar-refractivity contribution in [2.45, 2.75) is 423 Å². The third-order valence-electron chi connectivity index (χ3n) is 18.6. The molecule has 1 aliphatic rings. The van der Waals surface area contributed by atoms with Crippen molar-refractivity contribution in [3.8, 4) is 0 Å². The van der Waals surface area contributed by atoms with Crippen LogP contribution in [0.2, 0.25) is 0 Å². The molecule has 11 nitrogen and oxygen atoms in total. The zero-order valence-corrected chi connectivity index (χ0v) is 60.0. The summed E-state index contributed by atoms with van der Waals surface area (Å²) in [7, 11) is 0. The molecule has 1 amide bonds. The van der Waals surface area contributed by atoms with Gasteiger partial charge in [0.1, 0.15) is 24.4 Å². The van der Waals surface area contributed by atoms with Crippen LogP contribution in [0.1, 0.15) is 380 Å². The summed E-state index contributed by atoms with van der Waals surface area (Å²) in [4.78, 5) is 25.1. The lowest BCUT2D eigenvalue weighted by Gasteiger charge is -2.40. The summed E-state index contributed by atoms with van der Waals surface area (Å²) in [6.07, 6.45) is 83.9. The van der Waals surface area contributed by atoms with Crippen LogP contribution in [-0.2, 0) is 23.8 Å². The number of allylic oxidation sites excluding steroid dienone is 9. The number of aliphatic hydroxyl groups is 5. The van der Waals surface area contributed by atoms with Gasteiger partial charge in [0.05, 0.1) is 32.0 Å². The van der Waals surface area contributed by atoms with Gasteiger partial charge in [-0.25, -0.2) is 0 Å². The average molecular weight is 1300 g/mol. The Labute approximate surface area is 567 Å². The number of hydrogen-bond donors (Lipinski definition) is 6. The molecule has 7 atom stereocenters. The summed E-state index contributed by atoms with van der Waals surface area (Å²) in [5.74, 6) is -0.179. The molecule has 92 heavy (non-hydrogen) atoms. The Kier molecular flexibility index (Phi) is 66.2. The molecule has 0 saturated carbocycles. The molecule has 1 heterocycles. The van der Waals surface area contributed by atoms with Crippen LogP contribution in [0.5, 0.6) is 0 Å². The number of aliphatic hydroxyl groups excluding tert-OH is 5. The summed E-state index contributed by atoms with van der Waals surface area (Å²) in [6.45, 7) is 4.35. The highest BCUT2D eigenvalue weighted by atomic mass is 16.7. The van der Waals surface area contributed by atoms with Crippen LogP contribution in [0.3, 0.4) is 0 Å². The third-order valence-corrected chi connectivity index (χ3v) is 18.6. The number of rotatable bonds is 70. The van der Waals surface area contributed by atoms with Crippen LogP contribution in [0, 0.1) is 0 Å². The fourth-order valence-corrected chi connectivity index (χ4v) is 12.4. The lowest BCUT2D eigenvalue weighted by molar-refractivity contribution is -0.302. The molecular formula is C81H149NO10. The molecule has 0 spiro atoms. The Morgan fingerprint density at radius 2 is 0.739 bits per heavy atom. The Morgan fingerprint density at radius 3 is 1.14 bits per heavy atom. The number of unbranched alkanes of at least 4 members (excludes halogenated alkanes) is 48. The topological polar surface area (TPSA) is 175 Å². The zero-order valence-electron chi connectivity index (χ0n) is 60.0. The number of ether oxygens (including phenoxy) is 3. The van der Waals surface area contributed by atoms with Gasteiger partial charge >= 0.3 is 5.97 Å². The van der Waals surface area contributed by atoms with Crippen molar-refractivity contribution in [2.75, 3.05) is 19.8 Å². The molecule has 7 unspecified atom stereocenters. The van der Waals surface area contributed by atoms with E-state index in [2.05, 4.69) is 67.8 Å². The Bertz CT molecular complexity index is 1710. The quantitative estimate of drug-likeness (QED) is 0.0195. The number of carbonyl (C=O) groups excluding carboxylic acids is 2. The highest BCUT2D eigenvalue weighted by molar-refractivity contribution is 5.76. The van der Waals surface area contributed by atoms with Crippen LogP contribution in [0.25, 0.3) is 0 Å². The molecule has 1 saturated heterocycles. The van der Waals surface area contributed by atoms with Crippen molar-refractivity contribution < 1.29 is 49.3 Å². The minimum Gasteiger partial charge on any atom is -0.466 e. The number of hydrogen-bond acceptors (Lipinski definition) is 10. The predicted molar refractivity (Wildman–Crippen MR) is 389 cm³/mol. The van der Waals surface area contributed by atoms with E-state index in [0.717, 1.165) is 70.6 Å². The van der Waals surface area contributed by atoms with Crippen molar-refractivity contribution in [1.82, 2.24) is 5.32 Å². The molecule has 11 heteroatoms. The second kappa shape index (κ2) is 69.7. The first-order chi connectivity index (χ1) is 45.2. The zero-order chi connectivity index (χ0) is 66.5. The Morgan fingerprint density at radius 1 is 0.402 bits per heavy atom. The van der Waals surface area contributed by atoms with Crippen molar-refractivity contribution in [2.24, 2.45) is 0 Å². The van der Waals surface area contributed by atoms with E-state index in [-0.39, 0.29) is 18.5 Å². The monoisotopic (exact) mass is 1300 g/mol. The maximum atomic E-state index is 13.1. The maximum Gasteiger partial charge on any atom is 0.305 e. The van der Waals surface area contributed by atoms with Gasteiger partial charge in [-0.2, -0.15) is 0 Å². The van der Waals surface area contributed by atoms with Crippen LogP contribution in [0.15, 0.2) is 60.8 Å². The van der Waals surface area contributed by atoms with Gasteiger partial charge in [-0.15, -0.1) is 0 Å². The molecule has 1 rings (SSSR count). The number of esters is 1. The van der Waals surface area contributed by atoms with Gasteiger partial charge < -0.3 is 45.1 Å². The van der Waals surface area contributed by atoms with Crippen molar-refractivity contribution in [3.63, 3.8) is 0 Å². The summed E-state index contributed by atoms with van der Waals surface area (Å²) < 4.78 is 16.8. The van der Waals surface area contributed by atoms with Gasteiger partial charge in [0.25, 0.3) is 0 Å². The summed E-state index contributed by atoms with van der Waals surface area (Å²) in [6, 6.07) is -0.834. The smallest absolute Gasteiger partial charge is 0.305 e. The van der Waals surface area contributed by atoms with Gasteiger partial charge in [0.2, 0.25) is 5.91 Å². The van der Waals surface area contributed by atoms with E-state index in [0.29, 0.717) is 19.4 Å². The SMILES string of the molecule is CCCCCCC/C=C/CC/C=C/CC/C=C/C(O)C(COC1OC(CO)C(O)C(O)C1O)NC(=O)CCCCCCCCCCCCCCCCCCC/C=C\C/C=C\CCCCCCCCCCCCCCCOC(=O)CCCCCCCCCCCCCC. The maximum absolute atomic E-state index is 13.1. The van der Waals surface area contributed by atoms with Gasteiger partial charge in [-0.3, -0.25) is 9.59 Å². The third kappa shape index (κ3) is 57.6. The van der Waals surface area contributed by atoms with Gasteiger partial charge in [-0.1, -0.05) is 338 Å². The molecule has 1 aliphatic heterocycles. The van der Waals surface area contributed by atoms with Gasteiger partial charge in [-0.05, 0) is 89.9 Å². The molecule has 0 aromatic heterocycles. The minimum atomic E-state index is -1.58. The number of nitrogens with one attached hydrogen (secondary N) is 1. The second-order valence-electron chi connectivity index (χ2n) is 27.4. The van der Waals surface area contributed by atoms with Gasteiger partial charge in [0.15, 0.2) is 6.29 Å². The van der Waals surface area contributed by atoms with Crippen LogP contribution in [0.4, 0.5) is 0 Å². The molecule has 0 aromatic carbocycles. The Balaban J connectivity index is 1.95. The fraction of sp³-hybridized carbons (Fsp3) is 0.852. The van der Waals surface area contributed by atoms with Gasteiger partial charge in [0, 0.05) is 12.8 Å². The van der Waals surface area contributed by atoms with E-state index in [1.807, 2.05) is 6.08 Å². The lowest BCUT2D eigenvalue weighted by Crippen LogP contribution is -2.60. The van der Waals surface area contributed by atoms with E-state index < -0.39 is 49.5 Å². The standard InChI is InChI=1S/C81H149NO10/c1-3-5-7-9-11-13-15-17-41-44-47-51-55-59-63-67-74(84)73(72-91-81-80(89)79(88)78(87)75(71-83)92-81)82-76(85)68-64-60-56-52-48-45-42-39-37-35-33-31-29-27-25-23-21-19-18-20-22-24-26-28-30-32-34-36-38-40-43-46-50-54-58-62-66-70-90-77(86)69-65-61-57-53-49-16-14-12-10-8-6-4-2/h15,17-18,20,24,26,47,51,63,67,73-75,78-81,83-84,87-89H,3-14,16,19,21-23,25,27-46,48-50,52-62,64-66,68-72H2,1-2H3,(H,82,85)/b17-15+,20-18-,26-24-,51-47+,67-63+. The normalized spacial score (nSPS) is 17.8. The van der Waals surface area contributed by atoms with Crippen molar-refractivity contribution in [3.05, 3.63) is 60.8 Å². The molecule has 538 valence electrons. The average Bonchev–Trinajstić information content (AvgIpc) is 0.989. The van der Waals surface area contributed by atoms with E-state index in [1.54, 1.807) is 6.08 Å². The van der Waals surface area contributed by atoms with Crippen molar-refractivity contribution >= 4 is 11.9 Å². The molecule has 6 N–H and O–H groups in total. The van der Waals surface area contributed by atoms with E-state index in [4.69, 9.17) is 14.2 Å². The molecule has 0 aliphatic carbocycles. The predicted octanol–water partition coefficient (Wildman–Crippen LogP) is 21.2. The fourth-order valence-electron chi connectivity index (χ4n) is 12.4. The summed E-state index contributed by atoms with van der Waals surface area (Å²) in [5, 5.41) is 54.6. The van der Waals surface area contributed by atoms with Crippen LogP contribution in [-0.4, -0.2) is 100 Å². The number of carbonyl (C=O) groups is 2. The van der Waals surface area contributed by atoms with E-state index in [1.165, 1.54) is 283 Å². The molecule has 0 radical (unpaired) electrons. The van der Waals surface area contributed by atoms with E-state index >= 15 is 0 Å². The molecule has 0 bridgehead atoms. The molecular weight excluding hydrogens is 1150 g/mol. The first-order valence-corrected chi connectivity index (χ1v) is 39.6. The molecule has 1 fully saturated rings. The highest BCUT2D eigenvalue weighted by Gasteiger charge is 2.44.